The third-order valence-electron chi connectivity index (χ3n) is 4.26. The molecule has 0 bridgehead atoms. The summed E-state index contributed by atoms with van der Waals surface area (Å²) in [5.41, 5.74) is 4.64. The van der Waals surface area contributed by atoms with Crippen molar-refractivity contribution in [3.63, 3.8) is 0 Å². The first-order valence-electron chi connectivity index (χ1n) is 8.70. The molecular formula is C22H21N3O2. The molecule has 1 amide bonds. The van der Waals surface area contributed by atoms with Crippen molar-refractivity contribution in [3.8, 4) is 0 Å². The Labute approximate surface area is 158 Å². The number of pyridine rings is 1. The number of ketones is 1. The number of hydrogen-bond acceptors (Lipinski definition) is 4. The topological polar surface area (TPSA) is 71.1 Å². The fraction of sp³-hybridized carbons (Fsp3) is 0.136. The number of nitrogens with zero attached hydrogens (tertiary/aromatic N) is 1. The molecule has 27 heavy (non-hydrogen) atoms. The van der Waals surface area contributed by atoms with E-state index in [4.69, 9.17) is 0 Å². The van der Waals surface area contributed by atoms with Crippen molar-refractivity contribution in [3.05, 3.63) is 89.2 Å². The van der Waals surface area contributed by atoms with E-state index < -0.39 is 0 Å². The Kier molecular flexibility index (Phi) is 5.61. The van der Waals surface area contributed by atoms with Gasteiger partial charge in [-0.25, -0.2) is 0 Å². The van der Waals surface area contributed by atoms with Crippen molar-refractivity contribution >= 4 is 23.1 Å². The minimum absolute atomic E-state index is 0.0494. The highest BCUT2D eigenvalue weighted by Crippen LogP contribution is 2.15. The standard InChI is InChI=1S/C22H21N3O2/c1-15-6-3-4-7-18(15)14-24-19-10-11-23-21(13-19)22(27)25-20-9-5-8-17(12-20)16(2)26/h3-13H,14H2,1-2H3,(H,23,24)(H,25,27). The average Bonchev–Trinajstić information content (AvgIpc) is 2.68. The van der Waals surface area contributed by atoms with Crippen LogP contribution in [0.25, 0.3) is 0 Å². The van der Waals surface area contributed by atoms with Gasteiger partial charge in [0.15, 0.2) is 5.78 Å². The van der Waals surface area contributed by atoms with E-state index >= 15 is 0 Å². The van der Waals surface area contributed by atoms with Crippen LogP contribution in [0.15, 0.2) is 66.9 Å². The van der Waals surface area contributed by atoms with Crippen molar-refractivity contribution in [2.75, 3.05) is 10.6 Å². The molecular weight excluding hydrogens is 338 g/mol. The van der Waals surface area contributed by atoms with Crippen LogP contribution >= 0.6 is 0 Å². The second-order valence-electron chi connectivity index (χ2n) is 6.30. The zero-order valence-electron chi connectivity index (χ0n) is 15.3. The maximum atomic E-state index is 12.5. The number of aryl methyl sites for hydroxylation is 1. The van der Waals surface area contributed by atoms with Gasteiger partial charge in [-0.2, -0.15) is 0 Å². The van der Waals surface area contributed by atoms with Gasteiger partial charge in [-0.1, -0.05) is 36.4 Å². The summed E-state index contributed by atoms with van der Waals surface area (Å²) in [5.74, 6) is -0.373. The van der Waals surface area contributed by atoms with Crippen LogP contribution in [0.2, 0.25) is 0 Å². The highest BCUT2D eigenvalue weighted by atomic mass is 16.2. The van der Waals surface area contributed by atoms with Gasteiger partial charge in [0.1, 0.15) is 5.69 Å². The lowest BCUT2D eigenvalue weighted by molar-refractivity contribution is 0.100. The third-order valence-corrected chi connectivity index (χ3v) is 4.26. The Morgan fingerprint density at radius 2 is 1.78 bits per heavy atom. The predicted octanol–water partition coefficient (Wildman–Crippen LogP) is 4.46. The second-order valence-corrected chi connectivity index (χ2v) is 6.30. The third kappa shape index (κ3) is 4.79. The van der Waals surface area contributed by atoms with E-state index in [1.54, 1.807) is 36.5 Å². The van der Waals surface area contributed by atoms with Gasteiger partial charge in [-0.15, -0.1) is 0 Å². The smallest absolute Gasteiger partial charge is 0.274 e. The summed E-state index contributed by atoms with van der Waals surface area (Å²) < 4.78 is 0. The van der Waals surface area contributed by atoms with Crippen LogP contribution in [0.4, 0.5) is 11.4 Å². The van der Waals surface area contributed by atoms with Crippen LogP contribution in [0.5, 0.6) is 0 Å². The highest BCUT2D eigenvalue weighted by Gasteiger charge is 2.10. The van der Waals surface area contributed by atoms with Crippen molar-refractivity contribution in [1.29, 1.82) is 0 Å². The summed E-state index contributed by atoms with van der Waals surface area (Å²) in [6.07, 6.45) is 1.60. The quantitative estimate of drug-likeness (QED) is 0.638. The lowest BCUT2D eigenvalue weighted by atomic mass is 10.1. The molecule has 0 saturated heterocycles. The monoisotopic (exact) mass is 359 g/mol. The molecule has 3 aromatic rings. The van der Waals surface area contributed by atoms with Crippen molar-refractivity contribution in [2.45, 2.75) is 20.4 Å². The first-order chi connectivity index (χ1) is 13.0. The first-order valence-corrected chi connectivity index (χ1v) is 8.70. The molecule has 0 saturated carbocycles. The lowest BCUT2D eigenvalue weighted by Crippen LogP contribution is -2.14. The molecule has 1 heterocycles. The first kappa shape index (κ1) is 18.3. The second kappa shape index (κ2) is 8.27. The molecule has 0 spiro atoms. The van der Waals surface area contributed by atoms with Crippen molar-refractivity contribution in [2.24, 2.45) is 0 Å². The Bertz CT molecular complexity index is 983. The number of carbonyl (C=O) groups is 2. The molecule has 5 nitrogen and oxygen atoms in total. The molecule has 0 radical (unpaired) electrons. The van der Waals surface area contributed by atoms with E-state index in [1.165, 1.54) is 18.1 Å². The summed E-state index contributed by atoms with van der Waals surface area (Å²) in [7, 11) is 0. The Hall–Kier alpha value is -3.47. The van der Waals surface area contributed by atoms with Gasteiger partial charge < -0.3 is 10.6 Å². The van der Waals surface area contributed by atoms with E-state index in [0.29, 0.717) is 23.5 Å². The van der Waals surface area contributed by atoms with Gasteiger partial charge in [0, 0.05) is 29.7 Å². The SMILES string of the molecule is CC(=O)c1cccc(NC(=O)c2cc(NCc3ccccc3C)ccn2)c1. The van der Waals surface area contributed by atoms with Crippen molar-refractivity contribution < 1.29 is 9.59 Å². The fourth-order valence-corrected chi connectivity index (χ4v) is 2.68. The van der Waals surface area contributed by atoms with Gasteiger partial charge in [0.2, 0.25) is 0 Å². The van der Waals surface area contributed by atoms with Gasteiger partial charge in [-0.05, 0) is 49.2 Å². The van der Waals surface area contributed by atoms with Crippen molar-refractivity contribution in [1.82, 2.24) is 4.98 Å². The summed E-state index contributed by atoms with van der Waals surface area (Å²) in [5, 5.41) is 6.10. The van der Waals surface area contributed by atoms with Gasteiger partial charge in [-0.3, -0.25) is 14.6 Å². The Balaban J connectivity index is 1.69. The van der Waals surface area contributed by atoms with E-state index in [-0.39, 0.29) is 11.7 Å². The minimum Gasteiger partial charge on any atom is -0.381 e. The molecule has 136 valence electrons. The number of nitrogens with one attached hydrogen (secondary N) is 2. The molecule has 0 aliphatic carbocycles. The molecule has 3 rings (SSSR count). The molecule has 0 fully saturated rings. The zero-order valence-corrected chi connectivity index (χ0v) is 15.3. The van der Waals surface area contributed by atoms with E-state index in [0.717, 1.165) is 5.69 Å². The van der Waals surface area contributed by atoms with Gasteiger partial charge in [0.05, 0.1) is 0 Å². The largest absolute Gasteiger partial charge is 0.381 e. The number of aromatic nitrogens is 1. The molecule has 1 aromatic heterocycles. The summed E-state index contributed by atoms with van der Waals surface area (Å²) in [6.45, 7) is 4.22. The van der Waals surface area contributed by atoms with Gasteiger partial charge in [0.25, 0.3) is 5.91 Å². The van der Waals surface area contributed by atoms with E-state index in [9.17, 15) is 9.59 Å². The maximum Gasteiger partial charge on any atom is 0.274 e. The molecule has 0 aliphatic heterocycles. The average molecular weight is 359 g/mol. The highest BCUT2D eigenvalue weighted by molar-refractivity contribution is 6.04. The number of anilines is 2. The van der Waals surface area contributed by atoms with Crippen LogP contribution in [0.3, 0.4) is 0 Å². The van der Waals surface area contributed by atoms with Gasteiger partial charge >= 0.3 is 0 Å². The number of Topliss-reactive ketones (excluding diaryl/α,β-unsaturated/α-hetero) is 1. The molecule has 0 aliphatic rings. The number of benzene rings is 2. The lowest BCUT2D eigenvalue weighted by Gasteiger charge is -2.10. The molecule has 2 N–H and O–H groups in total. The maximum absolute atomic E-state index is 12.5. The molecule has 0 unspecified atom stereocenters. The molecule has 0 atom stereocenters. The van der Waals surface area contributed by atoms with Crippen LogP contribution in [0, 0.1) is 6.92 Å². The molecule has 5 heteroatoms. The predicted molar refractivity (Wildman–Crippen MR) is 107 cm³/mol. The minimum atomic E-state index is -0.324. The number of hydrogen-bond donors (Lipinski definition) is 2. The number of amides is 1. The number of carbonyl (C=O) groups excluding carboxylic acids is 2. The molecule has 2 aromatic carbocycles. The zero-order chi connectivity index (χ0) is 19.2. The fourth-order valence-electron chi connectivity index (χ4n) is 2.68. The van der Waals surface area contributed by atoms with E-state index in [1.807, 2.05) is 18.2 Å². The normalized spacial score (nSPS) is 10.3. The van der Waals surface area contributed by atoms with Crippen LogP contribution in [-0.2, 0) is 6.54 Å². The Morgan fingerprint density at radius 3 is 2.56 bits per heavy atom. The summed E-state index contributed by atoms with van der Waals surface area (Å²) in [6, 6.07) is 18.5. The Morgan fingerprint density at radius 1 is 0.963 bits per heavy atom. The van der Waals surface area contributed by atoms with Crippen LogP contribution in [0.1, 0.15) is 38.9 Å². The van der Waals surface area contributed by atoms with Crippen LogP contribution < -0.4 is 10.6 Å². The summed E-state index contributed by atoms with van der Waals surface area (Å²) in [4.78, 5) is 28.1. The van der Waals surface area contributed by atoms with E-state index in [2.05, 4.69) is 34.7 Å². The number of rotatable bonds is 6. The summed E-state index contributed by atoms with van der Waals surface area (Å²) >= 11 is 0. The van der Waals surface area contributed by atoms with Crippen LogP contribution in [-0.4, -0.2) is 16.7 Å².